The quantitative estimate of drug-likeness (QED) is 0.621. The van der Waals surface area contributed by atoms with E-state index in [0.717, 1.165) is 0 Å². The van der Waals surface area contributed by atoms with Crippen molar-refractivity contribution < 1.29 is 5.11 Å². The van der Waals surface area contributed by atoms with Gasteiger partial charge in [-0.3, -0.25) is 4.68 Å². The van der Waals surface area contributed by atoms with E-state index in [1.54, 1.807) is 10.9 Å². The lowest BCUT2D eigenvalue weighted by atomic mass is 10.2. The molecule has 1 atom stereocenters. The van der Waals surface area contributed by atoms with Gasteiger partial charge in [0.15, 0.2) is 0 Å². The average molecular weight is 155 g/mol. The Morgan fingerprint density at radius 2 is 2.45 bits per heavy atom. The van der Waals surface area contributed by atoms with E-state index < -0.39 is 0 Å². The van der Waals surface area contributed by atoms with E-state index in [9.17, 15) is 0 Å². The lowest BCUT2D eigenvalue weighted by Gasteiger charge is -2.08. The van der Waals surface area contributed by atoms with Crippen LogP contribution in [0.15, 0.2) is 18.5 Å². The molecule has 0 saturated heterocycles. The minimum Gasteiger partial charge on any atom is -0.396 e. The maximum absolute atomic E-state index is 8.56. The smallest absolute Gasteiger partial charge is 0.0561 e. The minimum atomic E-state index is -0.0000926. The van der Waals surface area contributed by atoms with E-state index in [2.05, 4.69) is 5.10 Å². The topological polar surface area (TPSA) is 64.1 Å². The molecule has 0 aliphatic rings. The number of nitrogens with zero attached hydrogens (tertiary/aromatic N) is 2. The summed E-state index contributed by atoms with van der Waals surface area (Å²) in [4.78, 5) is 0. The van der Waals surface area contributed by atoms with Crippen LogP contribution in [0, 0.1) is 0 Å². The summed E-state index contributed by atoms with van der Waals surface area (Å²) >= 11 is 0. The maximum Gasteiger partial charge on any atom is 0.0561 e. The van der Waals surface area contributed by atoms with Gasteiger partial charge in [0, 0.05) is 25.0 Å². The average Bonchev–Trinajstić information content (AvgIpc) is 2.40. The Bertz CT molecular complexity index is 186. The summed E-state index contributed by atoms with van der Waals surface area (Å²) in [5, 5.41) is 12.5. The van der Waals surface area contributed by atoms with Crippen LogP contribution in [0.5, 0.6) is 0 Å². The highest BCUT2D eigenvalue weighted by molar-refractivity contribution is 4.78. The Labute approximate surface area is 65.6 Å². The minimum absolute atomic E-state index is 0.0000926. The number of nitrogens with two attached hydrogens (primary N) is 1. The van der Waals surface area contributed by atoms with Crippen LogP contribution in [0.4, 0.5) is 0 Å². The SMILES string of the molecule is NC(CCO)Cn1cccn1. The molecular formula is C7H13N3O. The van der Waals surface area contributed by atoms with E-state index in [1.165, 1.54) is 0 Å². The van der Waals surface area contributed by atoms with Crippen LogP contribution >= 0.6 is 0 Å². The lowest BCUT2D eigenvalue weighted by molar-refractivity contribution is 0.268. The summed E-state index contributed by atoms with van der Waals surface area (Å²) in [5.41, 5.74) is 5.65. The highest BCUT2D eigenvalue weighted by atomic mass is 16.3. The summed E-state index contributed by atoms with van der Waals surface area (Å²) in [6.07, 6.45) is 4.20. The number of hydrogen-bond donors (Lipinski definition) is 2. The summed E-state index contributed by atoms with van der Waals surface area (Å²) in [7, 11) is 0. The molecule has 4 heteroatoms. The van der Waals surface area contributed by atoms with Crippen LogP contribution in [0.2, 0.25) is 0 Å². The first kappa shape index (κ1) is 8.23. The molecule has 1 aromatic heterocycles. The fourth-order valence-electron chi connectivity index (χ4n) is 0.906. The Balaban J connectivity index is 2.31. The van der Waals surface area contributed by atoms with Gasteiger partial charge in [-0.15, -0.1) is 0 Å². The van der Waals surface area contributed by atoms with Gasteiger partial charge in [0.05, 0.1) is 6.54 Å². The third-order valence-electron chi connectivity index (χ3n) is 1.48. The van der Waals surface area contributed by atoms with E-state index in [-0.39, 0.29) is 12.6 Å². The van der Waals surface area contributed by atoms with Crippen molar-refractivity contribution >= 4 is 0 Å². The van der Waals surface area contributed by atoms with Crippen LogP contribution in [0.3, 0.4) is 0 Å². The Hall–Kier alpha value is -0.870. The highest BCUT2D eigenvalue weighted by Gasteiger charge is 2.01. The zero-order valence-corrected chi connectivity index (χ0v) is 6.35. The molecule has 1 heterocycles. The zero-order chi connectivity index (χ0) is 8.10. The van der Waals surface area contributed by atoms with Crippen molar-refractivity contribution in [2.24, 2.45) is 5.73 Å². The van der Waals surface area contributed by atoms with Crippen molar-refractivity contribution in [1.29, 1.82) is 0 Å². The molecule has 0 spiro atoms. The third kappa shape index (κ3) is 2.69. The van der Waals surface area contributed by atoms with Gasteiger partial charge in [-0.25, -0.2) is 0 Å². The first-order valence-corrected chi connectivity index (χ1v) is 3.67. The van der Waals surface area contributed by atoms with Crippen molar-refractivity contribution in [1.82, 2.24) is 9.78 Å². The number of hydrogen-bond acceptors (Lipinski definition) is 3. The summed E-state index contributed by atoms with van der Waals surface area (Å²) < 4.78 is 1.76. The second-order valence-corrected chi connectivity index (χ2v) is 2.50. The monoisotopic (exact) mass is 155 g/mol. The van der Waals surface area contributed by atoms with Gasteiger partial charge in [-0.1, -0.05) is 0 Å². The molecule has 0 aromatic carbocycles. The van der Waals surface area contributed by atoms with Crippen LogP contribution < -0.4 is 5.73 Å². The van der Waals surface area contributed by atoms with Crippen LogP contribution in [0.1, 0.15) is 6.42 Å². The number of rotatable bonds is 4. The molecule has 1 rings (SSSR count). The summed E-state index contributed by atoms with van der Waals surface area (Å²) in [5.74, 6) is 0. The van der Waals surface area contributed by atoms with E-state index in [0.29, 0.717) is 13.0 Å². The van der Waals surface area contributed by atoms with Crippen molar-refractivity contribution in [3.05, 3.63) is 18.5 Å². The first-order valence-electron chi connectivity index (χ1n) is 3.67. The molecule has 0 bridgehead atoms. The van der Waals surface area contributed by atoms with Gasteiger partial charge >= 0.3 is 0 Å². The molecule has 0 fully saturated rings. The molecule has 0 aliphatic heterocycles. The number of aliphatic hydroxyl groups is 1. The predicted octanol–water partition coefficient (Wildman–Crippen LogP) is -0.407. The number of aliphatic hydroxyl groups excluding tert-OH is 1. The van der Waals surface area contributed by atoms with Crippen molar-refractivity contribution in [2.45, 2.75) is 19.0 Å². The van der Waals surface area contributed by atoms with E-state index >= 15 is 0 Å². The standard InChI is InChI=1S/C7H13N3O/c8-7(2-5-11)6-10-4-1-3-9-10/h1,3-4,7,11H,2,5-6,8H2. The van der Waals surface area contributed by atoms with Crippen molar-refractivity contribution in [3.8, 4) is 0 Å². The zero-order valence-electron chi connectivity index (χ0n) is 6.35. The largest absolute Gasteiger partial charge is 0.396 e. The van der Waals surface area contributed by atoms with Crippen molar-refractivity contribution in [3.63, 3.8) is 0 Å². The number of aromatic nitrogens is 2. The van der Waals surface area contributed by atoms with Gasteiger partial charge in [-0.2, -0.15) is 5.10 Å². The van der Waals surface area contributed by atoms with Gasteiger partial charge < -0.3 is 10.8 Å². The van der Waals surface area contributed by atoms with Crippen LogP contribution in [-0.2, 0) is 6.54 Å². The third-order valence-corrected chi connectivity index (χ3v) is 1.48. The molecule has 1 aromatic rings. The van der Waals surface area contributed by atoms with Crippen LogP contribution in [0.25, 0.3) is 0 Å². The normalized spacial score (nSPS) is 13.3. The summed E-state index contributed by atoms with van der Waals surface area (Å²) in [6, 6.07) is 1.85. The maximum atomic E-state index is 8.56. The van der Waals surface area contributed by atoms with Gasteiger partial charge in [0.2, 0.25) is 0 Å². The molecule has 0 radical (unpaired) electrons. The predicted molar refractivity (Wildman–Crippen MR) is 41.9 cm³/mol. The van der Waals surface area contributed by atoms with Gasteiger partial charge in [-0.05, 0) is 12.5 Å². The van der Waals surface area contributed by atoms with Gasteiger partial charge in [0.25, 0.3) is 0 Å². The molecule has 3 N–H and O–H groups in total. The molecule has 0 amide bonds. The van der Waals surface area contributed by atoms with Crippen LogP contribution in [-0.4, -0.2) is 27.5 Å². The summed E-state index contributed by atoms with van der Waals surface area (Å²) in [6.45, 7) is 0.815. The highest BCUT2D eigenvalue weighted by Crippen LogP contribution is 1.91. The van der Waals surface area contributed by atoms with E-state index in [1.807, 2.05) is 12.3 Å². The molecule has 0 aliphatic carbocycles. The van der Waals surface area contributed by atoms with Crippen molar-refractivity contribution in [2.75, 3.05) is 6.61 Å². The Morgan fingerprint density at radius 1 is 1.64 bits per heavy atom. The molecular weight excluding hydrogens is 142 g/mol. The van der Waals surface area contributed by atoms with Gasteiger partial charge in [0.1, 0.15) is 0 Å². The lowest BCUT2D eigenvalue weighted by Crippen LogP contribution is -2.27. The molecule has 4 nitrogen and oxygen atoms in total. The fraction of sp³-hybridized carbons (Fsp3) is 0.571. The van der Waals surface area contributed by atoms with E-state index in [4.69, 9.17) is 10.8 Å². The second kappa shape index (κ2) is 4.10. The Kier molecular flexibility index (Phi) is 3.07. The first-order chi connectivity index (χ1) is 5.33. The fourth-order valence-corrected chi connectivity index (χ4v) is 0.906. The second-order valence-electron chi connectivity index (χ2n) is 2.50. The molecule has 11 heavy (non-hydrogen) atoms. The Morgan fingerprint density at radius 3 is 3.00 bits per heavy atom. The molecule has 62 valence electrons. The molecule has 1 unspecified atom stereocenters. The molecule has 0 saturated carbocycles.